The summed E-state index contributed by atoms with van der Waals surface area (Å²) in [6.07, 6.45) is 7.33. The molecule has 2 heterocycles. The lowest BCUT2D eigenvalue weighted by Gasteiger charge is -2.32. The summed E-state index contributed by atoms with van der Waals surface area (Å²) in [4.78, 5) is 16.1. The van der Waals surface area contributed by atoms with Crippen molar-refractivity contribution in [1.29, 1.82) is 0 Å². The van der Waals surface area contributed by atoms with Crippen molar-refractivity contribution in [2.24, 2.45) is 0 Å². The summed E-state index contributed by atoms with van der Waals surface area (Å²) < 4.78 is 0. The topological polar surface area (TPSA) is 23.6 Å². The van der Waals surface area contributed by atoms with Crippen molar-refractivity contribution in [2.45, 2.75) is 51.5 Å². The number of carbonyl (C=O) groups is 1. The zero-order chi connectivity index (χ0) is 12.1. The molecular formula is C14H26N2O. The van der Waals surface area contributed by atoms with E-state index < -0.39 is 0 Å². The Labute approximate surface area is 105 Å². The molecule has 2 fully saturated rings. The zero-order valence-electron chi connectivity index (χ0n) is 11.2. The smallest absolute Gasteiger partial charge is 0.129 e. The molecule has 2 saturated heterocycles. The van der Waals surface area contributed by atoms with Crippen molar-refractivity contribution in [1.82, 2.24) is 9.80 Å². The Morgan fingerprint density at radius 3 is 2.65 bits per heavy atom. The predicted molar refractivity (Wildman–Crippen MR) is 70.2 cm³/mol. The van der Waals surface area contributed by atoms with Gasteiger partial charge in [-0.2, -0.15) is 0 Å². The van der Waals surface area contributed by atoms with E-state index in [-0.39, 0.29) is 0 Å². The van der Waals surface area contributed by atoms with E-state index >= 15 is 0 Å². The van der Waals surface area contributed by atoms with E-state index in [0.29, 0.717) is 5.78 Å². The van der Waals surface area contributed by atoms with Crippen molar-refractivity contribution in [3.05, 3.63) is 0 Å². The molecule has 98 valence electrons. The molecule has 0 N–H and O–H groups in total. The highest BCUT2D eigenvalue weighted by Crippen LogP contribution is 2.20. The van der Waals surface area contributed by atoms with Gasteiger partial charge in [-0.25, -0.2) is 0 Å². The highest BCUT2D eigenvalue weighted by atomic mass is 16.1. The number of rotatable bonds is 5. The van der Waals surface area contributed by atoms with Crippen LogP contribution >= 0.6 is 0 Å². The van der Waals surface area contributed by atoms with Gasteiger partial charge < -0.3 is 9.69 Å². The quantitative estimate of drug-likeness (QED) is 0.731. The fraction of sp³-hybridized carbons (Fsp3) is 0.929. The van der Waals surface area contributed by atoms with Crippen LogP contribution in [0.5, 0.6) is 0 Å². The summed E-state index contributed by atoms with van der Waals surface area (Å²) >= 11 is 0. The number of piperidine rings is 1. The first kappa shape index (κ1) is 13.0. The van der Waals surface area contributed by atoms with Gasteiger partial charge >= 0.3 is 0 Å². The average Bonchev–Trinajstić information content (AvgIpc) is 2.78. The number of ketones is 1. The van der Waals surface area contributed by atoms with Crippen LogP contribution in [0.2, 0.25) is 0 Å². The van der Waals surface area contributed by atoms with E-state index in [1.807, 2.05) is 0 Å². The maximum Gasteiger partial charge on any atom is 0.129 e. The molecule has 0 saturated carbocycles. The maximum absolute atomic E-state index is 10.9. The fourth-order valence-electron chi connectivity index (χ4n) is 3.15. The van der Waals surface area contributed by atoms with Gasteiger partial charge in [0.15, 0.2) is 0 Å². The molecule has 0 bridgehead atoms. The zero-order valence-corrected chi connectivity index (χ0v) is 11.2. The molecule has 3 heteroatoms. The first-order valence-electron chi connectivity index (χ1n) is 7.21. The van der Waals surface area contributed by atoms with Gasteiger partial charge in [0.1, 0.15) is 5.78 Å². The monoisotopic (exact) mass is 238 g/mol. The summed E-state index contributed by atoms with van der Waals surface area (Å²) in [6.45, 7) is 7.90. The van der Waals surface area contributed by atoms with Gasteiger partial charge in [-0.15, -0.1) is 0 Å². The van der Waals surface area contributed by atoms with Crippen molar-refractivity contribution < 1.29 is 4.79 Å². The summed E-state index contributed by atoms with van der Waals surface area (Å²) in [5.41, 5.74) is 0. The summed E-state index contributed by atoms with van der Waals surface area (Å²) in [7, 11) is 0. The number of hydrogen-bond donors (Lipinski definition) is 0. The second-order valence-corrected chi connectivity index (χ2v) is 5.65. The molecule has 0 aromatic rings. The molecule has 2 aliphatic heterocycles. The van der Waals surface area contributed by atoms with Crippen molar-refractivity contribution in [3.8, 4) is 0 Å². The van der Waals surface area contributed by atoms with Gasteiger partial charge in [0, 0.05) is 19.0 Å². The number of nitrogens with zero attached hydrogens (tertiary/aromatic N) is 2. The normalized spacial score (nSPS) is 27.5. The van der Waals surface area contributed by atoms with Gasteiger partial charge in [0.05, 0.1) is 0 Å². The Morgan fingerprint density at radius 1 is 1.18 bits per heavy atom. The lowest BCUT2D eigenvalue weighted by Crippen LogP contribution is -2.40. The molecule has 0 spiro atoms. The van der Waals surface area contributed by atoms with Crippen LogP contribution in [0.1, 0.15) is 45.4 Å². The Kier molecular flexibility index (Phi) is 4.99. The highest BCUT2D eigenvalue weighted by Gasteiger charge is 2.27. The minimum atomic E-state index is 0.330. The fourth-order valence-corrected chi connectivity index (χ4v) is 3.15. The number of Topliss-reactive ketones (excluding diaryl/α,β-unsaturated/α-hetero) is 1. The Morgan fingerprint density at radius 2 is 1.94 bits per heavy atom. The van der Waals surface area contributed by atoms with Crippen molar-refractivity contribution >= 4 is 5.78 Å². The summed E-state index contributed by atoms with van der Waals surface area (Å²) in [5.74, 6) is 0.330. The van der Waals surface area contributed by atoms with E-state index in [1.165, 1.54) is 51.9 Å². The van der Waals surface area contributed by atoms with Gasteiger partial charge in [0.2, 0.25) is 0 Å². The van der Waals surface area contributed by atoms with Crippen LogP contribution in [0.4, 0.5) is 0 Å². The third-order valence-electron chi connectivity index (χ3n) is 4.16. The van der Waals surface area contributed by atoms with Crippen LogP contribution in [0.3, 0.4) is 0 Å². The third kappa shape index (κ3) is 4.07. The first-order valence-corrected chi connectivity index (χ1v) is 7.21. The van der Waals surface area contributed by atoms with Crippen LogP contribution < -0.4 is 0 Å². The van der Waals surface area contributed by atoms with E-state index in [9.17, 15) is 4.79 Å². The van der Waals surface area contributed by atoms with E-state index in [2.05, 4.69) is 9.80 Å². The molecule has 0 radical (unpaired) electrons. The van der Waals surface area contributed by atoms with E-state index in [4.69, 9.17) is 0 Å². The SMILES string of the molecule is CC(=O)CCCN1CCC(N2CCCCC2)C1. The molecule has 2 rings (SSSR count). The molecule has 0 amide bonds. The second-order valence-electron chi connectivity index (χ2n) is 5.65. The van der Waals surface area contributed by atoms with Gasteiger partial charge in [-0.3, -0.25) is 4.90 Å². The van der Waals surface area contributed by atoms with Crippen molar-refractivity contribution in [2.75, 3.05) is 32.7 Å². The maximum atomic E-state index is 10.9. The minimum Gasteiger partial charge on any atom is -0.302 e. The highest BCUT2D eigenvalue weighted by molar-refractivity contribution is 5.75. The molecule has 17 heavy (non-hydrogen) atoms. The summed E-state index contributed by atoms with van der Waals surface area (Å²) in [5, 5.41) is 0. The first-order chi connectivity index (χ1) is 8.25. The van der Waals surface area contributed by atoms with Crippen LogP contribution in [0, 0.1) is 0 Å². The third-order valence-corrected chi connectivity index (χ3v) is 4.16. The predicted octanol–water partition coefficient (Wildman–Crippen LogP) is 1.92. The molecule has 0 aromatic carbocycles. The number of likely N-dealkylation sites (tertiary alicyclic amines) is 2. The minimum absolute atomic E-state index is 0.330. The van der Waals surface area contributed by atoms with Crippen LogP contribution in [0.15, 0.2) is 0 Å². The standard InChI is InChI=1S/C14H26N2O/c1-13(17)6-5-8-15-11-7-14(12-15)16-9-3-2-4-10-16/h14H,2-12H2,1H3. The molecular weight excluding hydrogens is 212 g/mol. The molecule has 0 aliphatic carbocycles. The van der Waals surface area contributed by atoms with Gasteiger partial charge in [-0.05, 0) is 58.8 Å². The Balaban J connectivity index is 1.66. The molecule has 2 aliphatic rings. The van der Waals surface area contributed by atoms with Gasteiger partial charge in [-0.1, -0.05) is 6.42 Å². The van der Waals surface area contributed by atoms with E-state index in [1.54, 1.807) is 6.92 Å². The van der Waals surface area contributed by atoms with Crippen LogP contribution in [-0.2, 0) is 4.79 Å². The lowest BCUT2D eigenvalue weighted by atomic mass is 10.1. The Hall–Kier alpha value is -0.410. The summed E-state index contributed by atoms with van der Waals surface area (Å²) in [6, 6.07) is 0.799. The number of carbonyl (C=O) groups excluding carboxylic acids is 1. The Bertz CT molecular complexity index is 249. The largest absolute Gasteiger partial charge is 0.302 e. The van der Waals surface area contributed by atoms with Crippen LogP contribution in [0.25, 0.3) is 0 Å². The number of hydrogen-bond acceptors (Lipinski definition) is 3. The van der Waals surface area contributed by atoms with E-state index in [0.717, 1.165) is 25.4 Å². The molecule has 1 atom stereocenters. The molecule has 1 unspecified atom stereocenters. The second kappa shape index (κ2) is 6.50. The van der Waals surface area contributed by atoms with Crippen LogP contribution in [-0.4, -0.2) is 54.3 Å². The van der Waals surface area contributed by atoms with Crippen molar-refractivity contribution in [3.63, 3.8) is 0 Å². The molecule has 3 nitrogen and oxygen atoms in total. The van der Waals surface area contributed by atoms with Gasteiger partial charge in [0.25, 0.3) is 0 Å². The average molecular weight is 238 g/mol. The molecule has 0 aromatic heterocycles. The lowest BCUT2D eigenvalue weighted by molar-refractivity contribution is -0.117.